The molecule has 4 heteroatoms. The van der Waals surface area contributed by atoms with Crippen LogP contribution < -0.4 is 5.32 Å². The van der Waals surface area contributed by atoms with Crippen LogP contribution >= 0.6 is 15.9 Å². The fourth-order valence-corrected chi connectivity index (χ4v) is 2.33. The van der Waals surface area contributed by atoms with Gasteiger partial charge in [0.25, 0.3) is 0 Å². The number of amides is 1. The Bertz CT molecular complexity index is 209. The van der Waals surface area contributed by atoms with E-state index in [2.05, 4.69) is 21.2 Å². The topological polar surface area (TPSA) is 49.3 Å². The lowest BCUT2D eigenvalue weighted by molar-refractivity contribution is -0.120. The van der Waals surface area contributed by atoms with Crippen molar-refractivity contribution in [3.05, 3.63) is 0 Å². The van der Waals surface area contributed by atoms with Gasteiger partial charge in [-0.05, 0) is 31.6 Å². The lowest BCUT2D eigenvalue weighted by Crippen LogP contribution is -2.37. The van der Waals surface area contributed by atoms with E-state index in [1.165, 1.54) is 12.8 Å². The molecular formula is C11H20BrNO2. The predicted molar refractivity (Wildman–Crippen MR) is 63.9 cm³/mol. The van der Waals surface area contributed by atoms with Gasteiger partial charge >= 0.3 is 0 Å². The zero-order chi connectivity index (χ0) is 11.3. The van der Waals surface area contributed by atoms with Gasteiger partial charge in [0, 0.05) is 13.2 Å². The van der Waals surface area contributed by atoms with Crippen molar-refractivity contribution >= 4 is 21.8 Å². The molecule has 3 atom stereocenters. The Balaban J connectivity index is 2.32. The lowest BCUT2D eigenvalue weighted by Gasteiger charge is -2.30. The summed E-state index contributed by atoms with van der Waals surface area (Å²) in [4.78, 5) is 11.2. The molecule has 3 nitrogen and oxygen atoms in total. The van der Waals surface area contributed by atoms with E-state index in [-0.39, 0.29) is 17.3 Å². The first-order valence-electron chi connectivity index (χ1n) is 5.67. The van der Waals surface area contributed by atoms with Crippen molar-refractivity contribution < 1.29 is 9.90 Å². The molecule has 1 rings (SSSR count). The number of rotatable bonds is 4. The number of hydrogen-bond acceptors (Lipinski definition) is 2. The van der Waals surface area contributed by atoms with E-state index in [0.29, 0.717) is 18.4 Å². The molecule has 1 aliphatic carbocycles. The number of alkyl halides is 1. The number of carbonyl (C=O) groups is 1. The van der Waals surface area contributed by atoms with Gasteiger partial charge < -0.3 is 10.4 Å². The van der Waals surface area contributed by atoms with Gasteiger partial charge in [-0.1, -0.05) is 28.8 Å². The van der Waals surface area contributed by atoms with Crippen molar-refractivity contribution in [2.75, 3.05) is 13.2 Å². The molecule has 2 N–H and O–H groups in total. The van der Waals surface area contributed by atoms with Crippen LogP contribution in [-0.2, 0) is 4.79 Å². The molecule has 0 spiro atoms. The second kappa shape index (κ2) is 6.48. The van der Waals surface area contributed by atoms with E-state index in [4.69, 9.17) is 0 Å². The van der Waals surface area contributed by atoms with E-state index in [9.17, 15) is 9.90 Å². The highest BCUT2D eigenvalue weighted by Crippen LogP contribution is 2.29. The predicted octanol–water partition coefficient (Wildman–Crippen LogP) is 1.68. The largest absolute Gasteiger partial charge is 0.396 e. The summed E-state index contributed by atoms with van der Waals surface area (Å²) in [5.74, 6) is 0.876. The summed E-state index contributed by atoms with van der Waals surface area (Å²) in [5.41, 5.74) is 0. The monoisotopic (exact) mass is 277 g/mol. The molecule has 15 heavy (non-hydrogen) atoms. The van der Waals surface area contributed by atoms with Gasteiger partial charge in [0.15, 0.2) is 0 Å². The standard InChI is InChI=1S/C11H20BrNO2/c1-8(12)11(15)13-6-9-4-2-3-5-10(9)7-14/h8-10,14H,2-7H2,1H3,(H,13,15). The van der Waals surface area contributed by atoms with Crippen LogP contribution in [0.1, 0.15) is 32.6 Å². The molecule has 1 fully saturated rings. The zero-order valence-electron chi connectivity index (χ0n) is 9.21. The minimum Gasteiger partial charge on any atom is -0.396 e. The van der Waals surface area contributed by atoms with E-state index in [1.54, 1.807) is 0 Å². The van der Waals surface area contributed by atoms with E-state index in [0.717, 1.165) is 12.8 Å². The highest BCUT2D eigenvalue weighted by molar-refractivity contribution is 9.10. The maximum atomic E-state index is 11.4. The van der Waals surface area contributed by atoms with Gasteiger partial charge in [0.1, 0.15) is 0 Å². The fraction of sp³-hybridized carbons (Fsp3) is 0.909. The Morgan fingerprint density at radius 3 is 2.60 bits per heavy atom. The minimum atomic E-state index is -0.131. The summed E-state index contributed by atoms with van der Waals surface area (Å²) < 4.78 is 0. The molecule has 1 aliphatic rings. The number of carbonyl (C=O) groups excluding carboxylic acids is 1. The van der Waals surface area contributed by atoms with Crippen molar-refractivity contribution in [2.45, 2.75) is 37.4 Å². The second-order valence-electron chi connectivity index (χ2n) is 4.35. The quantitative estimate of drug-likeness (QED) is 0.769. The summed E-state index contributed by atoms with van der Waals surface area (Å²) in [5, 5.41) is 12.1. The third-order valence-corrected chi connectivity index (χ3v) is 3.62. The van der Waals surface area contributed by atoms with E-state index >= 15 is 0 Å². The molecule has 0 aromatic rings. The van der Waals surface area contributed by atoms with Crippen LogP contribution in [0.4, 0.5) is 0 Å². The first kappa shape index (κ1) is 13.0. The van der Waals surface area contributed by atoms with Crippen LogP contribution in [0.2, 0.25) is 0 Å². The fourth-order valence-electron chi connectivity index (χ4n) is 2.17. The molecule has 88 valence electrons. The van der Waals surface area contributed by atoms with Crippen molar-refractivity contribution in [1.29, 1.82) is 0 Å². The van der Waals surface area contributed by atoms with Crippen LogP contribution in [0, 0.1) is 11.8 Å². The molecule has 3 unspecified atom stereocenters. The molecule has 0 radical (unpaired) electrons. The maximum Gasteiger partial charge on any atom is 0.233 e. The van der Waals surface area contributed by atoms with Crippen molar-refractivity contribution in [1.82, 2.24) is 5.32 Å². The average molecular weight is 278 g/mol. The number of aliphatic hydroxyl groups excluding tert-OH is 1. The molecule has 0 bridgehead atoms. The third-order valence-electron chi connectivity index (χ3n) is 3.20. The van der Waals surface area contributed by atoms with Crippen molar-refractivity contribution in [2.24, 2.45) is 11.8 Å². The van der Waals surface area contributed by atoms with E-state index < -0.39 is 0 Å². The first-order chi connectivity index (χ1) is 7.15. The number of nitrogens with one attached hydrogen (secondary N) is 1. The van der Waals surface area contributed by atoms with E-state index in [1.807, 2.05) is 6.92 Å². The summed E-state index contributed by atoms with van der Waals surface area (Å²) in [6, 6.07) is 0. The SMILES string of the molecule is CC(Br)C(=O)NCC1CCCCC1CO. The van der Waals surface area contributed by atoms with Gasteiger partial charge in [-0.25, -0.2) is 0 Å². The highest BCUT2D eigenvalue weighted by Gasteiger charge is 2.24. The molecular weight excluding hydrogens is 258 g/mol. The van der Waals surface area contributed by atoms with Gasteiger partial charge in [0.05, 0.1) is 4.83 Å². The summed E-state index contributed by atoms with van der Waals surface area (Å²) in [7, 11) is 0. The normalized spacial score (nSPS) is 28.5. The van der Waals surface area contributed by atoms with Crippen molar-refractivity contribution in [3.63, 3.8) is 0 Å². The molecule has 0 aliphatic heterocycles. The Morgan fingerprint density at radius 1 is 1.47 bits per heavy atom. The molecule has 1 saturated carbocycles. The molecule has 1 amide bonds. The van der Waals surface area contributed by atoms with Crippen LogP contribution in [0.15, 0.2) is 0 Å². The number of aliphatic hydroxyl groups is 1. The molecule has 0 saturated heterocycles. The lowest BCUT2D eigenvalue weighted by atomic mass is 9.79. The van der Waals surface area contributed by atoms with Crippen LogP contribution in [0.3, 0.4) is 0 Å². The van der Waals surface area contributed by atoms with Gasteiger partial charge in [-0.3, -0.25) is 4.79 Å². The highest BCUT2D eigenvalue weighted by atomic mass is 79.9. The Kier molecular flexibility index (Phi) is 5.61. The minimum absolute atomic E-state index is 0.0391. The summed E-state index contributed by atoms with van der Waals surface area (Å²) in [6.07, 6.45) is 4.66. The van der Waals surface area contributed by atoms with Crippen LogP contribution in [-0.4, -0.2) is 29.0 Å². The summed E-state index contributed by atoms with van der Waals surface area (Å²) >= 11 is 3.24. The Labute approximate surface area is 99.8 Å². The van der Waals surface area contributed by atoms with Crippen LogP contribution in [0.5, 0.6) is 0 Å². The van der Waals surface area contributed by atoms with Gasteiger partial charge in [0.2, 0.25) is 5.91 Å². The molecule has 0 heterocycles. The average Bonchev–Trinajstić information content (AvgIpc) is 2.26. The van der Waals surface area contributed by atoms with Crippen molar-refractivity contribution in [3.8, 4) is 0 Å². The second-order valence-corrected chi connectivity index (χ2v) is 5.72. The third kappa shape index (κ3) is 4.11. The molecule has 0 aromatic heterocycles. The Morgan fingerprint density at radius 2 is 2.07 bits per heavy atom. The Hall–Kier alpha value is -0.0900. The first-order valence-corrected chi connectivity index (χ1v) is 6.59. The number of halogens is 1. The van der Waals surface area contributed by atoms with Gasteiger partial charge in [-0.15, -0.1) is 0 Å². The zero-order valence-corrected chi connectivity index (χ0v) is 10.8. The summed E-state index contributed by atoms with van der Waals surface area (Å²) in [6.45, 7) is 2.78. The maximum absolute atomic E-state index is 11.4. The van der Waals surface area contributed by atoms with Crippen LogP contribution in [0.25, 0.3) is 0 Å². The smallest absolute Gasteiger partial charge is 0.233 e. The molecule has 0 aromatic carbocycles. The van der Waals surface area contributed by atoms with Gasteiger partial charge in [-0.2, -0.15) is 0 Å². The number of hydrogen-bond donors (Lipinski definition) is 2.